The van der Waals surface area contributed by atoms with Crippen LogP contribution in [-0.4, -0.2) is 13.4 Å². The van der Waals surface area contributed by atoms with E-state index in [1.54, 1.807) is 30.5 Å². The van der Waals surface area contributed by atoms with Crippen LogP contribution in [0.5, 0.6) is 0 Å². The normalized spacial score (nSPS) is 11.5. The van der Waals surface area contributed by atoms with Gasteiger partial charge in [0.15, 0.2) is 0 Å². The van der Waals surface area contributed by atoms with Crippen molar-refractivity contribution in [2.45, 2.75) is 18.4 Å². The molecule has 19 heavy (non-hydrogen) atoms. The van der Waals surface area contributed by atoms with E-state index in [0.717, 1.165) is 11.3 Å². The highest BCUT2D eigenvalue weighted by atomic mass is 79.9. The van der Waals surface area contributed by atoms with Crippen molar-refractivity contribution in [3.05, 3.63) is 58.3 Å². The van der Waals surface area contributed by atoms with Crippen molar-refractivity contribution in [3.63, 3.8) is 0 Å². The van der Waals surface area contributed by atoms with Crippen molar-refractivity contribution >= 4 is 26.0 Å². The van der Waals surface area contributed by atoms with Gasteiger partial charge >= 0.3 is 0 Å². The van der Waals surface area contributed by atoms with Crippen LogP contribution in [0.1, 0.15) is 11.3 Å². The molecule has 6 heteroatoms. The SMILES string of the molecule is Cc1cccnc1CNS(=O)(=O)c1ccccc1Br. The maximum Gasteiger partial charge on any atom is 0.242 e. The largest absolute Gasteiger partial charge is 0.260 e. The van der Waals surface area contributed by atoms with Crippen molar-refractivity contribution in [2.24, 2.45) is 0 Å². The summed E-state index contributed by atoms with van der Waals surface area (Å²) in [6, 6.07) is 10.4. The zero-order chi connectivity index (χ0) is 13.9. The molecule has 2 rings (SSSR count). The molecule has 0 fully saturated rings. The van der Waals surface area contributed by atoms with E-state index in [1.807, 2.05) is 19.1 Å². The van der Waals surface area contributed by atoms with Crippen LogP contribution < -0.4 is 4.72 Å². The Labute approximate surface area is 121 Å². The summed E-state index contributed by atoms with van der Waals surface area (Å²) in [5.74, 6) is 0. The van der Waals surface area contributed by atoms with E-state index in [4.69, 9.17) is 0 Å². The molecular weight excluding hydrogens is 328 g/mol. The summed E-state index contributed by atoms with van der Waals surface area (Å²) >= 11 is 3.24. The first-order chi connectivity index (χ1) is 9.00. The number of aromatic nitrogens is 1. The number of hydrogen-bond donors (Lipinski definition) is 1. The molecule has 0 spiro atoms. The molecule has 0 aliphatic heterocycles. The van der Waals surface area contributed by atoms with E-state index < -0.39 is 10.0 Å². The molecule has 4 nitrogen and oxygen atoms in total. The molecule has 0 saturated carbocycles. The highest BCUT2D eigenvalue weighted by Crippen LogP contribution is 2.21. The average molecular weight is 341 g/mol. The van der Waals surface area contributed by atoms with Crippen LogP contribution in [0.25, 0.3) is 0 Å². The minimum Gasteiger partial charge on any atom is -0.260 e. The summed E-state index contributed by atoms with van der Waals surface area (Å²) in [6.45, 7) is 2.07. The summed E-state index contributed by atoms with van der Waals surface area (Å²) in [4.78, 5) is 4.38. The summed E-state index contributed by atoms with van der Waals surface area (Å²) in [5.41, 5.74) is 1.68. The Kier molecular flexibility index (Phi) is 4.34. The number of rotatable bonds is 4. The quantitative estimate of drug-likeness (QED) is 0.930. The maximum atomic E-state index is 12.2. The second kappa shape index (κ2) is 5.81. The number of hydrogen-bond acceptors (Lipinski definition) is 3. The van der Waals surface area contributed by atoms with E-state index in [9.17, 15) is 8.42 Å². The summed E-state index contributed by atoms with van der Waals surface area (Å²) in [5, 5.41) is 0. The van der Waals surface area contributed by atoms with E-state index in [-0.39, 0.29) is 11.4 Å². The molecular formula is C13H13BrN2O2S. The van der Waals surface area contributed by atoms with E-state index >= 15 is 0 Å². The van der Waals surface area contributed by atoms with Crippen LogP contribution in [0, 0.1) is 6.92 Å². The Bertz CT molecular complexity index is 687. The third kappa shape index (κ3) is 3.40. The number of sulfonamides is 1. The fourth-order valence-electron chi connectivity index (χ4n) is 1.61. The third-order valence-corrected chi connectivity index (χ3v) is 5.09. The molecule has 0 bridgehead atoms. The van der Waals surface area contributed by atoms with Gasteiger partial charge in [-0.05, 0) is 46.6 Å². The Balaban J connectivity index is 2.20. The standard InChI is InChI=1S/C13H13BrN2O2S/c1-10-5-4-8-15-12(10)9-16-19(17,18)13-7-3-2-6-11(13)14/h2-8,16H,9H2,1H3. The Morgan fingerprint density at radius 3 is 2.63 bits per heavy atom. The van der Waals surface area contributed by atoms with Crippen LogP contribution in [0.3, 0.4) is 0 Å². The minimum atomic E-state index is -3.54. The fraction of sp³-hybridized carbons (Fsp3) is 0.154. The van der Waals surface area contributed by atoms with Crippen LogP contribution in [-0.2, 0) is 16.6 Å². The van der Waals surface area contributed by atoms with Gasteiger partial charge in [0.25, 0.3) is 0 Å². The molecule has 0 atom stereocenters. The molecule has 1 heterocycles. The highest BCUT2D eigenvalue weighted by Gasteiger charge is 2.17. The van der Waals surface area contributed by atoms with Gasteiger partial charge in [0, 0.05) is 10.7 Å². The molecule has 0 unspecified atom stereocenters. The monoisotopic (exact) mass is 340 g/mol. The lowest BCUT2D eigenvalue weighted by molar-refractivity contribution is 0.580. The number of nitrogens with one attached hydrogen (secondary N) is 1. The second-order valence-electron chi connectivity index (χ2n) is 4.02. The number of pyridine rings is 1. The van der Waals surface area contributed by atoms with Gasteiger partial charge in [0.05, 0.1) is 17.1 Å². The Hall–Kier alpha value is -1.24. The predicted octanol–water partition coefficient (Wildman–Crippen LogP) is 2.63. The molecule has 0 amide bonds. The smallest absolute Gasteiger partial charge is 0.242 e. The van der Waals surface area contributed by atoms with Crippen LogP contribution in [0.4, 0.5) is 0 Å². The molecule has 2 aromatic rings. The molecule has 1 aromatic carbocycles. The fourth-order valence-corrected chi connectivity index (χ4v) is 3.60. The zero-order valence-corrected chi connectivity index (χ0v) is 12.7. The van der Waals surface area contributed by atoms with Gasteiger partial charge in [-0.25, -0.2) is 13.1 Å². The molecule has 0 radical (unpaired) electrons. The van der Waals surface area contributed by atoms with Gasteiger partial charge in [0.1, 0.15) is 0 Å². The molecule has 0 aliphatic rings. The first-order valence-corrected chi connectivity index (χ1v) is 7.93. The van der Waals surface area contributed by atoms with Gasteiger partial charge in [-0.2, -0.15) is 0 Å². The minimum absolute atomic E-state index is 0.177. The summed E-state index contributed by atoms with van der Waals surface area (Å²) in [7, 11) is -3.54. The predicted molar refractivity (Wildman–Crippen MR) is 77.1 cm³/mol. The molecule has 100 valence electrons. The average Bonchev–Trinajstić information content (AvgIpc) is 2.38. The third-order valence-electron chi connectivity index (χ3n) is 2.67. The van der Waals surface area contributed by atoms with Crippen molar-refractivity contribution < 1.29 is 8.42 Å². The Morgan fingerprint density at radius 2 is 1.95 bits per heavy atom. The zero-order valence-electron chi connectivity index (χ0n) is 10.3. The van der Waals surface area contributed by atoms with E-state index in [0.29, 0.717) is 4.47 Å². The first kappa shape index (κ1) is 14.2. The van der Waals surface area contributed by atoms with Gasteiger partial charge in [-0.15, -0.1) is 0 Å². The molecule has 0 saturated heterocycles. The second-order valence-corrected chi connectivity index (χ2v) is 6.61. The van der Waals surface area contributed by atoms with Crippen molar-refractivity contribution in [1.29, 1.82) is 0 Å². The summed E-state index contributed by atoms with van der Waals surface area (Å²) in [6.07, 6.45) is 1.65. The number of halogens is 1. The van der Waals surface area contributed by atoms with Crippen molar-refractivity contribution in [3.8, 4) is 0 Å². The first-order valence-electron chi connectivity index (χ1n) is 5.65. The van der Waals surface area contributed by atoms with Crippen LogP contribution in [0.15, 0.2) is 52.0 Å². The van der Waals surface area contributed by atoms with E-state index in [1.165, 1.54) is 0 Å². The van der Waals surface area contributed by atoms with Gasteiger partial charge in [-0.1, -0.05) is 18.2 Å². The molecule has 1 N–H and O–H groups in total. The van der Waals surface area contributed by atoms with E-state index in [2.05, 4.69) is 25.6 Å². The lowest BCUT2D eigenvalue weighted by Crippen LogP contribution is -2.24. The molecule has 0 aliphatic carbocycles. The van der Waals surface area contributed by atoms with Crippen molar-refractivity contribution in [2.75, 3.05) is 0 Å². The Morgan fingerprint density at radius 1 is 1.21 bits per heavy atom. The van der Waals surface area contributed by atoms with Crippen LogP contribution >= 0.6 is 15.9 Å². The molecule has 1 aromatic heterocycles. The maximum absolute atomic E-state index is 12.2. The summed E-state index contributed by atoms with van der Waals surface area (Å²) < 4.78 is 27.4. The van der Waals surface area contributed by atoms with Gasteiger partial charge in [0.2, 0.25) is 10.0 Å². The lowest BCUT2D eigenvalue weighted by Gasteiger charge is -2.09. The number of nitrogens with zero attached hydrogens (tertiary/aromatic N) is 1. The van der Waals surface area contributed by atoms with Crippen LogP contribution in [0.2, 0.25) is 0 Å². The number of aryl methyl sites for hydroxylation is 1. The van der Waals surface area contributed by atoms with Gasteiger partial charge < -0.3 is 0 Å². The lowest BCUT2D eigenvalue weighted by atomic mass is 10.2. The van der Waals surface area contributed by atoms with Crippen molar-refractivity contribution in [1.82, 2.24) is 9.71 Å². The topological polar surface area (TPSA) is 59.1 Å². The number of benzene rings is 1. The highest BCUT2D eigenvalue weighted by molar-refractivity contribution is 9.10. The van der Waals surface area contributed by atoms with Gasteiger partial charge in [-0.3, -0.25) is 4.98 Å².